The number of carbonyl (C=O) groups is 3. The van der Waals surface area contributed by atoms with Gasteiger partial charge in [-0.05, 0) is 34.7 Å². The van der Waals surface area contributed by atoms with E-state index in [0.29, 0.717) is 18.5 Å². The molecule has 0 unspecified atom stereocenters. The van der Waals surface area contributed by atoms with Crippen LogP contribution in [0.2, 0.25) is 0 Å². The molecule has 2 aromatic carbocycles. The number of ether oxygens (including phenoxy) is 1. The van der Waals surface area contributed by atoms with Gasteiger partial charge < -0.3 is 20.5 Å². The van der Waals surface area contributed by atoms with E-state index in [1.807, 2.05) is 31.2 Å². The van der Waals surface area contributed by atoms with Crippen LogP contribution in [0.25, 0.3) is 11.1 Å². The first-order chi connectivity index (χ1) is 16.9. The number of aromatic nitrogens is 2. The Labute approximate surface area is 203 Å². The molecule has 1 aliphatic carbocycles. The summed E-state index contributed by atoms with van der Waals surface area (Å²) >= 11 is 0. The zero-order chi connectivity index (χ0) is 24.9. The maximum absolute atomic E-state index is 12.5. The van der Waals surface area contributed by atoms with E-state index in [-0.39, 0.29) is 24.8 Å². The average Bonchev–Trinajstić information content (AvgIpc) is 3.38. The van der Waals surface area contributed by atoms with Gasteiger partial charge in [-0.1, -0.05) is 61.9 Å². The number of aliphatic carboxylic acids is 1. The number of benzene rings is 2. The minimum Gasteiger partial charge on any atom is -0.480 e. The van der Waals surface area contributed by atoms with Gasteiger partial charge in [-0.15, -0.1) is 0 Å². The van der Waals surface area contributed by atoms with Crippen LogP contribution in [0.1, 0.15) is 53.0 Å². The maximum Gasteiger partial charge on any atom is 0.407 e. The number of nitrogens with zero attached hydrogens (tertiary/aromatic N) is 2. The van der Waals surface area contributed by atoms with Gasteiger partial charge in [-0.25, -0.2) is 9.59 Å². The molecule has 4 rings (SSSR count). The third-order valence-corrected chi connectivity index (χ3v) is 6.10. The van der Waals surface area contributed by atoms with Crippen molar-refractivity contribution in [3.05, 3.63) is 77.1 Å². The normalized spacial score (nSPS) is 13.0. The number of hydrogen-bond acceptors (Lipinski definition) is 5. The lowest BCUT2D eigenvalue weighted by Crippen LogP contribution is -2.41. The largest absolute Gasteiger partial charge is 0.480 e. The number of hydrogen-bond donors (Lipinski definition) is 3. The molecule has 3 aromatic rings. The van der Waals surface area contributed by atoms with Crippen LogP contribution >= 0.6 is 0 Å². The standard InChI is InChI=1S/C26H28N4O5/c1-3-8-22(25(32)33)28-24(31)23-13-16(29-30(23)2)14-27-26(34)35-15-21-19-11-6-4-9-17(19)18-10-5-7-12-20(18)21/h4-7,9-13,21-22H,3,8,14-15H2,1-2H3,(H,27,34)(H,28,31)(H,32,33)/t22-/m1/s1. The molecular weight excluding hydrogens is 448 g/mol. The van der Waals surface area contributed by atoms with Gasteiger partial charge in [0.1, 0.15) is 18.3 Å². The molecule has 2 amide bonds. The first-order valence-corrected chi connectivity index (χ1v) is 11.5. The van der Waals surface area contributed by atoms with Crippen molar-refractivity contribution in [1.82, 2.24) is 20.4 Å². The molecule has 1 aromatic heterocycles. The van der Waals surface area contributed by atoms with Gasteiger partial charge >= 0.3 is 12.1 Å². The molecule has 0 saturated heterocycles. The summed E-state index contributed by atoms with van der Waals surface area (Å²) in [4.78, 5) is 36.2. The minimum absolute atomic E-state index is 0.0383. The molecule has 1 aliphatic rings. The number of amides is 2. The van der Waals surface area contributed by atoms with Crippen LogP contribution in [0.15, 0.2) is 54.6 Å². The molecule has 182 valence electrons. The second-order valence-electron chi connectivity index (χ2n) is 8.48. The van der Waals surface area contributed by atoms with Crippen LogP contribution < -0.4 is 10.6 Å². The number of carboxylic acids is 1. The van der Waals surface area contributed by atoms with E-state index in [1.54, 1.807) is 7.05 Å². The summed E-state index contributed by atoms with van der Waals surface area (Å²) in [6, 6.07) is 16.8. The summed E-state index contributed by atoms with van der Waals surface area (Å²) in [6.45, 7) is 2.11. The van der Waals surface area contributed by atoms with E-state index in [0.717, 1.165) is 22.3 Å². The SMILES string of the molecule is CCC[C@@H](NC(=O)c1cc(CNC(=O)OCC2c3ccccc3-c3ccccc32)nn1C)C(=O)O. The zero-order valence-corrected chi connectivity index (χ0v) is 19.7. The quantitative estimate of drug-likeness (QED) is 0.435. The van der Waals surface area contributed by atoms with Crippen LogP contribution in [-0.4, -0.2) is 45.5 Å². The van der Waals surface area contributed by atoms with Crippen molar-refractivity contribution in [2.75, 3.05) is 6.61 Å². The highest BCUT2D eigenvalue weighted by molar-refractivity contribution is 5.95. The monoisotopic (exact) mass is 476 g/mol. The highest BCUT2D eigenvalue weighted by Crippen LogP contribution is 2.44. The predicted octanol–water partition coefficient (Wildman–Crippen LogP) is 3.44. The number of carboxylic acid groups (broad SMARTS) is 1. The lowest BCUT2D eigenvalue weighted by atomic mass is 9.98. The van der Waals surface area contributed by atoms with Crippen LogP contribution in [0.4, 0.5) is 4.79 Å². The summed E-state index contributed by atoms with van der Waals surface area (Å²) in [5.41, 5.74) is 5.22. The second kappa shape index (κ2) is 10.4. The van der Waals surface area contributed by atoms with Crippen LogP contribution in [0.5, 0.6) is 0 Å². The van der Waals surface area contributed by atoms with Crippen molar-refractivity contribution in [1.29, 1.82) is 0 Å². The van der Waals surface area contributed by atoms with Gasteiger partial charge in [-0.3, -0.25) is 9.48 Å². The predicted molar refractivity (Wildman–Crippen MR) is 129 cm³/mol. The van der Waals surface area contributed by atoms with E-state index in [9.17, 15) is 19.5 Å². The molecule has 0 fully saturated rings. The third-order valence-electron chi connectivity index (χ3n) is 6.10. The Hall–Kier alpha value is -4.14. The Morgan fingerprint density at radius 3 is 2.31 bits per heavy atom. The van der Waals surface area contributed by atoms with Crippen molar-refractivity contribution in [3.63, 3.8) is 0 Å². The first-order valence-electron chi connectivity index (χ1n) is 11.5. The molecule has 35 heavy (non-hydrogen) atoms. The fourth-order valence-electron chi connectivity index (χ4n) is 4.42. The number of fused-ring (bicyclic) bond motifs is 3. The van der Waals surface area contributed by atoms with Crippen LogP contribution in [0, 0.1) is 0 Å². The van der Waals surface area contributed by atoms with Gasteiger partial charge in [-0.2, -0.15) is 5.10 Å². The number of rotatable bonds is 9. The zero-order valence-electron chi connectivity index (χ0n) is 19.7. The van der Waals surface area contributed by atoms with Gasteiger partial charge in [0, 0.05) is 13.0 Å². The number of carbonyl (C=O) groups excluding carboxylic acids is 2. The van der Waals surface area contributed by atoms with Crippen LogP contribution in [0.3, 0.4) is 0 Å². The van der Waals surface area contributed by atoms with Gasteiger partial charge in [0.15, 0.2) is 0 Å². The van der Waals surface area contributed by atoms with Crippen molar-refractivity contribution in [2.24, 2.45) is 7.05 Å². The fraction of sp³-hybridized carbons (Fsp3) is 0.308. The van der Waals surface area contributed by atoms with E-state index < -0.39 is 24.0 Å². The summed E-state index contributed by atoms with van der Waals surface area (Å²) < 4.78 is 6.88. The molecular formula is C26H28N4O5. The van der Waals surface area contributed by atoms with Crippen molar-refractivity contribution >= 4 is 18.0 Å². The molecule has 9 heteroatoms. The summed E-state index contributed by atoms with van der Waals surface area (Å²) in [7, 11) is 1.58. The highest BCUT2D eigenvalue weighted by atomic mass is 16.5. The van der Waals surface area contributed by atoms with Crippen LogP contribution in [-0.2, 0) is 23.1 Å². The molecule has 0 spiro atoms. The smallest absolute Gasteiger partial charge is 0.407 e. The number of nitrogens with one attached hydrogen (secondary N) is 2. The Morgan fingerprint density at radius 2 is 1.71 bits per heavy atom. The Morgan fingerprint density at radius 1 is 1.09 bits per heavy atom. The molecule has 3 N–H and O–H groups in total. The number of aryl methyl sites for hydroxylation is 1. The molecule has 0 saturated carbocycles. The average molecular weight is 477 g/mol. The maximum atomic E-state index is 12.5. The van der Waals surface area contributed by atoms with E-state index in [2.05, 4.69) is 40.0 Å². The molecule has 0 aliphatic heterocycles. The Kier molecular flexibility index (Phi) is 7.14. The first kappa shape index (κ1) is 24.0. The lowest BCUT2D eigenvalue weighted by Gasteiger charge is -2.14. The third kappa shape index (κ3) is 5.18. The summed E-state index contributed by atoms with van der Waals surface area (Å²) in [5.74, 6) is -1.66. The van der Waals surface area contributed by atoms with Gasteiger partial charge in [0.05, 0.1) is 12.2 Å². The molecule has 1 atom stereocenters. The molecule has 0 radical (unpaired) electrons. The molecule has 1 heterocycles. The van der Waals surface area contributed by atoms with Gasteiger partial charge in [0.2, 0.25) is 0 Å². The van der Waals surface area contributed by atoms with E-state index >= 15 is 0 Å². The Balaban J connectivity index is 1.34. The summed E-state index contributed by atoms with van der Waals surface area (Å²) in [6.07, 6.45) is 0.366. The summed E-state index contributed by atoms with van der Waals surface area (Å²) in [5, 5.41) is 18.7. The van der Waals surface area contributed by atoms with E-state index in [4.69, 9.17) is 4.74 Å². The van der Waals surface area contributed by atoms with E-state index in [1.165, 1.54) is 10.7 Å². The minimum atomic E-state index is -1.08. The topological polar surface area (TPSA) is 123 Å². The molecule has 0 bridgehead atoms. The molecule has 9 nitrogen and oxygen atoms in total. The Bertz CT molecular complexity index is 1210. The van der Waals surface area contributed by atoms with Crippen molar-refractivity contribution in [3.8, 4) is 11.1 Å². The van der Waals surface area contributed by atoms with Crippen molar-refractivity contribution in [2.45, 2.75) is 38.3 Å². The fourth-order valence-corrected chi connectivity index (χ4v) is 4.42. The van der Waals surface area contributed by atoms with Crippen molar-refractivity contribution < 1.29 is 24.2 Å². The van der Waals surface area contributed by atoms with Gasteiger partial charge in [0.25, 0.3) is 5.91 Å². The highest BCUT2D eigenvalue weighted by Gasteiger charge is 2.29. The second-order valence-corrected chi connectivity index (χ2v) is 8.48. The lowest BCUT2D eigenvalue weighted by molar-refractivity contribution is -0.139. The number of alkyl carbamates (subject to hydrolysis) is 1.